The number of ether oxygens (including phenoxy) is 1. The van der Waals surface area contributed by atoms with Gasteiger partial charge in [-0.05, 0) is 44.6 Å². The van der Waals surface area contributed by atoms with Gasteiger partial charge in [0, 0.05) is 37.9 Å². The molecule has 27 heavy (non-hydrogen) atoms. The second-order valence-electron chi connectivity index (χ2n) is 7.51. The van der Waals surface area contributed by atoms with Gasteiger partial charge in [-0.3, -0.25) is 4.79 Å². The first kappa shape index (κ1) is 19.4. The number of carbonyl (C=O) groups excluding carboxylic acids is 1. The van der Waals surface area contributed by atoms with Crippen LogP contribution in [0.2, 0.25) is 0 Å². The lowest BCUT2D eigenvalue weighted by Crippen LogP contribution is -2.42. The third-order valence-electron chi connectivity index (χ3n) is 5.23. The largest absolute Gasteiger partial charge is 0.497 e. The minimum atomic E-state index is 0.206. The number of methoxy groups -OCH3 is 1. The maximum Gasteiger partial charge on any atom is 0.226 e. The van der Waals surface area contributed by atoms with Gasteiger partial charge in [-0.2, -0.15) is 0 Å². The Balaban J connectivity index is 1.69. The Morgan fingerprint density at radius 3 is 2.56 bits per heavy atom. The van der Waals surface area contributed by atoms with E-state index in [9.17, 15) is 4.79 Å². The zero-order valence-corrected chi connectivity index (χ0v) is 16.6. The molecule has 1 aromatic heterocycles. The Labute approximate surface area is 161 Å². The summed E-state index contributed by atoms with van der Waals surface area (Å²) in [6.07, 6.45) is 7.02. The molecular formula is C21H30N4O2. The highest BCUT2D eigenvalue weighted by Crippen LogP contribution is 2.28. The molecule has 1 amide bonds. The smallest absolute Gasteiger partial charge is 0.226 e. The normalized spacial score (nSPS) is 14.2. The second-order valence-corrected chi connectivity index (χ2v) is 7.51. The van der Waals surface area contributed by atoms with E-state index < -0.39 is 0 Å². The predicted octanol–water partition coefficient (Wildman–Crippen LogP) is 2.63. The van der Waals surface area contributed by atoms with E-state index in [0.717, 1.165) is 44.0 Å². The molecule has 0 aliphatic heterocycles. The maximum atomic E-state index is 12.9. The zero-order chi connectivity index (χ0) is 19.2. The van der Waals surface area contributed by atoms with E-state index in [1.54, 1.807) is 7.11 Å². The molecule has 1 aliphatic rings. The van der Waals surface area contributed by atoms with Gasteiger partial charge in [-0.1, -0.05) is 18.6 Å². The molecular weight excluding hydrogens is 340 g/mol. The van der Waals surface area contributed by atoms with Crippen LogP contribution in [-0.4, -0.2) is 59.6 Å². The van der Waals surface area contributed by atoms with Crippen molar-refractivity contribution in [2.45, 2.75) is 32.4 Å². The van der Waals surface area contributed by atoms with Crippen molar-refractivity contribution in [2.75, 3.05) is 34.3 Å². The summed E-state index contributed by atoms with van der Waals surface area (Å²) in [4.78, 5) is 21.5. The van der Waals surface area contributed by atoms with Gasteiger partial charge in [0.25, 0.3) is 0 Å². The van der Waals surface area contributed by atoms with Crippen molar-refractivity contribution in [3.8, 4) is 5.75 Å². The number of amides is 1. The van der Waals surface area contributed by atoms with Gasteiger partial charge in [0.1, 0.15) is 11.6 Å². The summed E-state index contributed by atoms with van der Waals surface area (Å²) in [5.74, 6) is 2.27. The standard InChI is InChI=1S/C21H30N4O2/c1-23(2)13-14-25(21(26)18-5-4-6-18)16-20-22-11-12-24(20)15-17-7-9-19(27-3)10-8-17/h7-12,18H,4-6,13-16H2,1-3H3. The summed E-state index contributed by atoms with van der Waals surface area (Å²) in [6.45, 7) is 2.89. The topological polar surface area (TPSA) is 50.6 Å². The number of rotatable bonds is 9. The molecule has 1 aliphatic carbocycles. The molecule has 2 aromatic rings. The van der Waals surface area contributed by atoms with Crippen LogP contribution in [0.25, 0.3) is 0 Å². The SMILES string of the molecule is COc1ccc(Cn2ccnc2CN(CCN(C)C)C(=O)C2CCC2)cc1. The van der Waals surface area contributed by atoms with Crippen LogP contribution in [-0.2, 0) is 17.9 Å². The zero-order valence-electron chi connectivity index (χ0n) is 16.6. The van der Waals surface area contributed by atoms with Crippen molar-refractivity contribution in [2.24, 2.45) is 5.92 Å². The van der Waals surface area contributed by atoms with E-state index >= 15 is 0 Å². The van der Waals surface area contributed by atoms with Crippen LogP contribution in [0.5, 0.6) is 5.75 Å². The van der Waals surface area contributed by atoms with Crippen LogP contribution in [0.15, 0.2) is 36.7 Å². The third kappa shape index (κ3) is 5.10. The minimum Gasteiger partial charge on any atom is -0.497 e. The number of carbonyl (C=O) groups is 1. The second kappa shape index (κ2) is 9.04. The van der Waals surface area contributed by atoms with Crippen molar-refractivity contribution in [3.05, 3.63) is 48.0 Å². The van der Waals surface area contributed by atoms with E-state index in [1.807, 2.05) is 43.5 Å². The highest BCUT2D eigenvalue weighted by molar-refractivity contribution is 5.79. The first-order valence-electron chi connectivity index (χ1n) is 9.63. The fraction of sp³-hybridized carbons (Fsp3) is 0.524. The van der Waals surface area contributed by atoms with Crippen LogP contribution >= 0.6 is 0 Å². The Kier molecular flexibility index (Phi) is 6.50. The van der Waals surface area contributed by atoms with E-state index in [4.69, 9.17) is 4.74 Å². The van der Waals surface area contributed by atoms with E-state index in [0.29, 0.717) is 6.54 Å². The Hall–Kier alpha value is -2.34. The Morgan fingerprint density at radius 1 is 1.22 bits per heavy atom. The predicted molar refractivity (Wildman–Crippen MR) is 106 cm³/mol. The highest BCUT2D eigenvalue weighted by Gasteiger charge is 2.30. The summed E-state index contributed by atoms with van der Waals surface area (Å²) in [6, 6.07) is 8.06. The molecule has 0 atom stereocenters. The molecule has 1 saturated carbocycles. The molecule has 0 bridgehead atoms. The average Bonchev–Trinajstić information content (AvgIpc) is 3.04. The minimum absolute atomic E-state index is 0.206. The van der Waals surface area contributed by atoms with Crippen LogP contribution in [0.3, 0.4) is 0 Å². The highest BCUT2D eigenvalue weighted by atomic mass is 16.5. The van der Waals surface area contributed by atoms with E-state index in [2.05, 4.69) is 26.6 Å². The summed E-state index contributed by atoms with van der Waals surface area (Å²) in [5, 5.41) is 0. The molecule has 1 fully saturated rings. The van der Waals surface area contributed by atoms with Crippen LogP contribution < -0.4 is 4.74 Å². The van der Waals surface area contributed by atoms with Gasteiger partial charge >= 0.3 is 0 Å². The number of hydrogen-bond donors (Lipinski definition) is 0. The molecule has 0 unspecified atom stereocenters. The van der Waals surface area contributed by atoms with Crippen molar-refractivity contribution in [1.82, 2.24) is 19.4 Å². The van der Waals surface area contributed by atoms with Crippen LogP contribution in [0.4, 0.5) is 0 Å². The lowest BCUT2D eigenvalue weighted by atomic mass is 9.84. The fourth-order valence-corrected chi connectivity index (χ4v) is 3.24. The third-order valence-corrected chi connectivity index (χ3v) is 5.23. The van der Waals surface area contributed by atoms with Gasteiger partial charge in [-0.15, -0.1) is 0 Å². The first-order chi connectivity index (χ1) is 13.1. The van der Waals surface area contributed by atoms with Gasteiger partial charge in [0.05, 0.1) is 13.7 Å². The van der Waals surface area contributed by atoms with E-state index in [1.165, 1.54) is 12.0 Å². The van der Waals surface area contributed by atoms with Gasteiger partial charge in [0.15, 0.2) is 0 Å². The van der Waals surface area contributed by atoms with Crippen LogP contribution in [0, 0.1) is 5.92 Å². The van der Waals surface area contributed by atoms with Crippen molar-refractivity contribution < 1.29 is 9.53 Å². The quantitative estimate of drug-likeness (QED) is 0.681. The van der Waals surface area contributed by atoms with Gasteiger partial charge in [-0.25, -0.2) is 4.98 Å². The van der Waals surface area contributed by atoms with Crippen molar-refractivity contribution >= 4 is 5.91 Å². The molecule has 0 radical (unpaired) electrons. The number of benzene rings is 1. The summed E-state index contributed by atoms with van der Waals surface area (Å²) in [5.41, 5.74) is 1.18. The first-order valence-corrected chi connectivity index (χ1v) is 9.63. The molecule has 6 heteroatoms. The monoisotopic (exact) mass is 370 g/mol. The fourth-order valence-electron chi connectivity index (χ4n) is 3.24. The lowest BCUT2D eigenvalue weighted by Gasteiger charge is -2.32. The molecule has 146 valence electrons. The Morgan fingerprint density at radius 2 is 1.96 bits per heavy atom. The number of nitrogens with zero attached hydrogens (tertiary/aromatic N) is 4. The summed E-state index contributed by atoms with van der Waals surface area (Å²) >= 11 is 0. The Bertz CT molecular complexity index is 735. The number of hydrogen-bond acceptors (Lipinski definition) is 4. The van der Waals surface area contributed by atoms with Crippen molar-refractivity contribution in [1.29, 1.82) is 0 Å². The van der Waals surface area contributed by atoms with Gasteiger partial charge in [0.2, 0.25) is 5.91 Å². The molecule has 0 N–H and O–H groups in total. The molecule has 0 spiro atoms. The maximum absolute atomic E-state index is 12.9. The van der Waals surface area contributed by atoms with Crippen LogP contribution in [0.1, 0.15) is 30.7 Å². The lowest BCUT2D eigenvalue weighted by molar-refractivity contribution is -0.139. The van der Waals surface area contributed by atoms with Crippen molar-refractivity contribution in [3.63, 3.8) is 0 Å². The number of imidazole rings is 1. The molecule has 6 nitrogen and oxygen atoms in total. The summed E-state index contributed by atoms with van der Waals surface area (Å²) < 4.78 is 7.35. The number of aromatic nitrogens is 2. The van der Waals surface area contributed by atoms with Gasteiger partial charge < -0.3 is 19.1 Å². The summed E-state index contributed by atoms with van der Waals surface area (Å²) in [7, 11) is 5.75. The molecule has 1 heterocycles. The molecule has 1 aromatic carbocycles. The average molecular weight is 370 g/mol. The van der Waals surface area contributed by atoms with E-state index in [-0.39, 0.29) is 11.8 Å². The number of likely N-dealkylation sites (N-methyl/N-ethyl adjacent to an activating group) is 1. The molecule has 3 rings (SSSR count). The molecule has 0 saturated heterocycles.